The standard InChI is InChI=1S/2C12H10N3.Fe/c2*1-3-7-14-11(5-1)9-13-10-12-6-2-4-8-15-12;/h2*1-10H;/q2*-1;+2. The molecule has 4 aromatic heterocycles. The van der Waals surface area contributed by atoms with Crippen LogP contribution in [-0.4, -0.2) is 19.9 Å². The molecule has 0 unspecified atom stereocenters. The summed E-state index contributed by atoms with van der Waals surface area (Å²) in [5.74, 6) is 0. The van der Waals surface area contributed by atoms with Gasteiger partial charge in [0.1, 0.15) is 0 Å². The molecule has 0 N–H and O–H groups in total. The van der Waals surface area contributed by atoms with Crippen LogP contribution in [-0.2, 0) is 17.1 Å². The molecule has 4 rings (SSSR count). The molecule has 0 aliphatic heterocycles. The summed E-state index contributed by atoms with van der Waals surface area (Å²) in [5, 5.41) is 8.27. The minimum Gasteiger partial charge on any atom is -0.648 e. The first kappa shape index (κ1) is 24.3. The van der Waals surface area contributed by atoms with Gasteiger partial charge in [-0.25, -0.2) is 0 Å². The van der Waals surface area contributed by atoms with Crippen LogP contribution in [0.2, 0.25) is 0 Å². The van der Waals surface area contributed by atoms with E-state index < -0.39 is 0 Å². The molecule has 4 heterocycles. The van der Waals surface area contributed by atoms with Crippen molar-refractivity contribution in [3.63, 3.8) is 0 Å². The number of hydrogen-bond donors (Lipinski definition) is 0. The molecule has 0 saturated carbocycles. The molecular weight excluding hydrogens is 428 g/mol. The second-order valence-electron chi connectivity index (χ2n) is 5.83. The Bertz CT molecular complexity index is 781. The molecule has 31 heavy (non-hydrogen) atoms. The van der Waals surface area contributed by atoms with E-state index in [-0.39, 0.29) is 17.1 Å². The molecule has 0 fully saturated rings. The van der Waals surface area contributed by atoms with Crippen LogP contribution in [0, 0.1) is 26.2 Å². The molecule has 4 aromatic rings. The Kier molecular flexibility index (Phi) is 11.7. The molecule has 0 spiro atoms. The van der Waals surface area contributed by atoms with Crippen LogP contribution in [0.4, 0.5) is 0 Å². The van der Waals surface area contributed by atoms with Gasteiger partial charge in [-0.05, 0) is 48.5 Å². The molecule has 0 aliphatic carbocycles. The fourth-order valence-electron chi connectivity index (χ4n) is 2.19. The van der Waals surface area contributed by atoms with E-state index in [9.17, 15) is 0 Å². The molecule has 6 nitrogen and oxygen atoms in total. The van der Waals surface area contributed by atoms with E-state index in [1.54, 1.807) is 51.0 Å². The topological polar surface area (TPSA) is 79.8 Å². The number of aromatic nitrogens is 4. The molecule has 0 bridgehead atoms. The van der Waals surface area contributed by atoms with Crippen LogP contribution < -0.4 is 0 Å². The van der Waals surface area contributed by atoms with Crippen LogP contribution in [0.15, 0.2) is 97.6 Å². The third kappa shape index (κ3) is 10.1. The molecule has 0 aromatic carbocycles. The average Bonchev–Trinajstić information content (AvgIpc) is 2.82. The summed E-state index contributed by atoms with van der Waals surface area (Å²) in [6.07, 6.45) is 6.95. The van der Waals surface area contributed by atoms with Gasteiger partial charge < -0.3 is 10.6 Å². The molecule has 0 atom stereocenters. The number of rotatable bonds is 8. The smallest absolute Gasteiger partial charge is 0.648 e. The fourth-order valence-corrected chi connectivity index (χ4v) is 2.19. The van der Waals surface area contributed by atoms with E-state index in [4.69, 9.17) is 0 Å². The number of hydrogen-bond acceptors (Lipinski definition) is 4. The quantitative estimate of drug-likeness (QED) is 0.350. The van der Waals surface area contributed by atoms with Gasteiger partial charge in [-0.15, -0.1) is 26.2 Å². The molecule has 4 radical (unpaired) electrons. The third-order valence-corrected chi connectivity index (χ3v) is 3.58. The molecule has 154 valence electrons. The average molecular weight is 448 g/mol. The van der Waals surface area contributed by atoms with Crippen molar-refractivity contribution in [2.45, 2.75) is 0 Å². The van der Waals surface area contributed by atoms with Crippen LogP contribution in [0.5, 0.6) is 0 Å². The van der Waals surface area contributed by atoms with Crippen LogP contribution >= 0.6 is 0 Å². The maximum absolute atomic E-state index is 4.14. The van der Waals surface area contributed by atoms with Gasteiger partial charge in [0.25, 0.3) is 0 Å². The summed E-state index contributed by atoms with van der Waals surface area (Å²) in [6, 6.07) is 22.8. The Balaban J connectivity index is 0.000000213. The Morgan fingerprint density at radius 1 is 0.419 bits per heavy atom. The predicted molar refractivity (Wildman–Crippen MR) is 117 cm³/mol. The minimum absolute atomic E-state index is 0. The van der Waals surface area contributed by atoms with E-state index in [0.717, 1.165) is 22.8 Å². The van der Waals surface area contributed by atoms with Gasteiger partial charge in [0.05, 0.1) is 0 Å². The Morgan fingerprint density at radius 2 is 0.677 bits per heavy atom. The zero-order valence-electron chi connectivity index (χ0n) is 16.6. The van der Waals surface area contributed by atoms with Gasteiger partial charge in [-0.2, -0.15) is 0 Å². The van der Waals surface area contributed by atoms with Crippen molar-refractivity contribution in [1.82, 2.24) is 19.9 Å². The van der Waals surface area contributed by atoms with Gasteiger partial charge in [-0.3, -0.25) is 19.9 Å². The molecular formula is C24H20FeN6. The Hall–Kier alpha value is -2.96. The van der Waals surface area contributed by atoms with Crippen molar-refractivity contribution < 1.29 is 17.1 Å². The summed E-state index contributed by atoms with van der Waals surface area (Å²) in [4.78, 5) is 16.5. The molecule has 7 heteroatoms. The maximum Gasteiger partial charge on any atom is 2.00 e. The summed E-state index contributed by atoms with van der Waals surface area (Å²) in [7, 11) is 0. The van der Waals surface area contributed by atoms with Crippen molar-refractivity contribution in [1.29, 1.82) is 0 Å². The van der Waals surface area contributed by atoms with Crippen molar-refractivity contribution in [2.24, 2.45) is 0 Å². The first-order chi connectivity index (χ1) is 14.9. The third-order valence-electron chi connectivity index (χ3n) is 3.58. The van der Waals surface area contributed by atoms with Crippen LogP contribution in [0.1, 0.15) is 22.8 Å². The van der Waals surface area contributed by atoms with Crippen molar-refractivity contribution in [3.05, 3.63) is 157 Å². The van der Waals surface area contributed by atoms with Gasteiger partial charge in [0, 0.05) is 47.6 Å². The van der Waals surface area contributed by atoms with Gasteiger partial charge in [0.15, 0.2) is 0 Å². The number of nitrogens with zero attached hydrogens (tertiary/aromatic N) is 6. The van der Waals surface area contributed by atoms with Gasteiger partial charge in [-0.1, -0.05) is 24.3 Å². The van der Waals surface area contributed by atoms with Crippen molar-refractivity contribution >= 4 is 0 Å². The van der Waals surface area contributed by atoms with Crippen LogP contribution in [0.3, 0.4) is 0 Å². The Labute approximate surface area is 194 Å². The SMILES string of the molecule is [CH]([N-][CH]c1ccccn1)c1ccccn1.[CH]([N-][CH]c1ccccn1)c1ccccn1.[Fe+2]. The maximum atomic E-state index is 4.14. The summed E-state index contributed by atoms with van der Waals surface area (Å²) < 4.78 is 0. The zero-order chi connectivity index (χ0) is 20.7. The van der Waals surface area contributed by atoms with E-state index in [2.05, 4.69) is 30.6 Å². The molecule has 0 amide bonds. The van der Waals surface area contributed by atoms with Crippen molar-refractivity contribution in [3.8, 4) is 0 Å². The Morgan fingerprint density at radius 3 is 0.871 bits per heavy atom. The largest absolute Gasteiger partial charge is 2.00 e. The van der Waals surface area contributed by atoms with Crippen LogP contribution in [0.25, 0.3) is 10.6 Å². The van der Waals surface area contributed by atoms with E-state index in [1.165, 1.54) is 0 Å². The number of pyridine rings is 4. The normalized spacial score (nSPS) is 9.81. The first-order valence-electron chi connectivity index (χ1n) is 9.27. The molecule has 0 aliphatic rings. The van der Waals surface area contributed by atoms with E-state index in [0.29, 0.717) is 0 Å². The van der Waals surface area contributed by atoms with E-state index >= 15 is 0 Å². The zero-order valence-corrected chi connectivity index (χ0v) is 17.7. The van der Waals surface area contributed by atoms with Gasteiger partial charge in [0.2, 0.25) is 0 Å². The van der Waals surface area contributed by atoms with Crippen molar-refractivity contribution in [2.75, 3.05) is 0 Å². The minimum atomic E-state index is 0. The second-order valence-corrected chi connectivity index (χ2v) is 5.83. The summed E-state index contributed by atoms with van der Waals surface area (Å²) >= 11 is 0. The first-order valence-corrected chi connectivity index (χ1v) is 9.27. The molecule has 0 saturated heterocycles. The summed E-state index contributed by atoms with van der Waals surface area (Å²) in [5.41, 5.74) is 3.35. The predicted octanol–water partition coefficient (Wildman–Crippen LogP) is 5.14. The van der Waals surface area contributed by atoms with E-state index in [1.807, 2.05) is 72.8 Å². The second kappa shape index (κ2) is 14.9. The summed E-state index contributed by atoms with van der Waals surface area (Å²) in [6.45, 7) is 6.81. The monoisotopic (exact) mass is 448 g/mol. The fraction of sp³-hybridized carbons (Fsp3) is 0. The van der Waals surface area contributed by atoms with Gasteiger partial charge >= 0.3 is 17.1 Å².